The lowest BCUT2D eigenvalue weighted by Gasteiger charge is -2.18. The Labute approximate surface area is 208 Å². The van der Waals surface area contributed by atoms with Gasteiger partial charge in [0.15, 0.2) is 5.49 Å². The summed E-state index contributed by atoms with van der Waals surface area (Å²) in [6, 6.07) is 25.9. The van der Waals surface area contributed by atoms with E-state index in [0.717, 1.165) is 32.7 Å². The van der Waals surface area contributed by atoms with Crippen LogP contribution >= 0.6 is 0 Å². The molecule has 7 heteroatoms. The molecule has 0 bridgehead atoms. The lowest BCUT2D eigenvalue weighted by molar-refractivity contribution is -0.118. The van der Waals surface area contributed by atoms with Gasteiger partial charge < -0.3 is 15.4 Å². The normalized spacial score (nSPS) is 12.3. The maximum absolute atomic E-state index is 13.2. The average molecular weight is 479 g/mol. The summed E-state index contributed by atoms with van der Waals surface area (Å²) < 4.78 is 0.724. The van der Waals surface area contributed by atoms with E-state index in [4.69, 9.17) is 5.41 Å². The number of hydrogen-bond acceptors (Lipinski definition) is 4. The first kappa shape index (κ1) is 23.1. The lowest BCUT2D eigenvalue weighted by Crippen LogP contribution is -2.32. The fourth-order valence-corrected chi connectivity index (χ4v) is 4.53. The second-order valence-electron chi connectivity index (χ2n) is 8.90. The first-order valence-electron chi connectivity index (χ1n) is 11.8. The predicted molar refractivity (Wildman–Crippen MR) is 138 cm³/mol. The highest BCUT2D eigenvalue weighted by Gasteiger charge is 2.26. The number of aromatic nitrogens is 1. The molecule has 2 amide bonds. The third-order valence-corrected chi connectivity index (χ3v) is 6.44. The smallest absolute Gasteiger partial charge is 0.256 e. The highest BCUT2D eigenvalue weighted by molar-refractivity contribution is 6.09. The Hall–Kier alpha value is -4.65. The van der Waals surface area contributed by atoms with Gasteiger partial charge in [0.05, 0.1) is 12.1 Å². The molecule has 0 atom stereocenters. The van der Waals surface area contributed by atoms with E-state index in [-0.39, 0.29) is 23.7 Å². The molecule has 180 valence electrons. The number of carbonyl (C=O) groups excluding carboxylic acids is 2. The quantitative estimate of drug-likeness (QED) is 0.367. The molecule has 4 aromatic rings. The number of pyridine rings is 1. The third kappa shape index (κ3) is 4.51. The van der Waals surface area contributed by atoms with Crippen LogP contribution in [0.25, 0.3) is 11.1 Å². The third-order valence-electron chi connectivity index (χ3n) is 6.44. The number of anilines is 2. The summed E-state index contributed by atoms with van der Waals surface area (Å²) in [5.74, 6) is -0.356. The van der Waals surface area contributed by atoms with Crippen molar-refractivity contribution in [2.75, 3.05) is 16.8 Å². The molecule has 1 aromatic heterocycles. The molecule has 3 N–H and O–H groups in total. The summed E-state index contributed by atoms with van der Waals surface area (Å²) in [7, 11) is 0. The summed E-state index contributed by atoms with van der Waals surface area (Å²) >= 11 is 0. The van der Waals surface area contributed by atoms with Gasteiger partial charge in [0.25, 0.3) is 5.91 Å². The molecule has 36 heavy (non-hydrogen) atoms. The Morgan fingerprint density at radius 1 is 0.972 bits per heavy atom. The fraction of sp³-hybridized carbons (Fsp3) is 0.138. The zero-order valence-corrected chi connectivity index (χ0v) is 19.9. The van der Waals surface area contributed by atoms with Gasteiger partial charge in [-0.1, -0.05) is 54.1 Å². The van der Waals surface area contributed by atoms with Crippen LogP contribution < -0.4 is 15.7 Å². The molecule has 0 saturated heterocycles. The lowest BCUT2D eigenvalue weighted by atomic mass is 9.98. The molecule has 0 fully saturated rings. The van der Waals surface area contributed by atoms with E-state index in [9.17, 15) is 14.8 Å². The second-order valence-corrected chi connectivity index (χ2v) is 8.90. The number of hydrogen-bond donors (Lipinski definition) is 3. The molecule has 0 unspecified atom stereocenters. The number of carbonyl (C=O) groups is 2. The maximum atomic E-state index is 13.2. The zero-order valence-electron chi connectivity index (χ0n) is 19.9. The summed E-state index contributed by atoms with van der Waals surface area (Å²) in [6.45, 7) is 2.55. The van der Waals surface area contributed by atoms with E-state index in [1.165, 1.54) is 6.07 Å². The van der Waals surface area contributed by atoms with E-state index < -0.39 is 0 Å². The Kier molecular flexibility index (Phi) is 6.12. The minimum Gasteiger partial charge on any atom is -0.427 e. The van der Waals surface area contributed by atoms with Crippen molar-refractivity contribution in [1.82, 2.24) is 4.73 Å². The van der Waals surface area contributed by atoms with Gasteiger partial charge in [-0.25, -0.2) is 0 Å². The van der Waals surface area contributed by atoms with Crippen molar-refractivity contribution in [2.24, 2.45) is 0 Å². The number of aryl methyl sites for hydroxylation is 1. The molecule has 0 aliphatic carbocycles. The van der Waals surface area contributed by atoms with Crippen LogP contribution in [0.4, 0.5) is 11.4 Å². The number of nitrogens with one attached hydrogen (secondary N) is 2. The van der Waals surface area contributed by atoms with Crippen LogP contribution in [-0.4, -0.2) is 28.3 Å². The minimum atomic E-state index is -0.195. The molecule has 1 aliphatic heterocycles. The first-order valence-corrected chi connectivity index (χ1v) is 11.8. The molecular weight excluding hydrogens is 452 g/mol. The van der Waals surface area contributed by atoms with Gasteiger partial charge in [-0.05, 0) is 66.4 Å². The second kappa shape index (κ2) is 9.54. The number of fused-ring (bicyclic) bond motifs is 1. The average Bonchev–Trinajstić information content (AvgIpc) is 3.31. The monoisotopic (exact) mass is 478 g/mol. The van der Waals surface area contributed by atoms with E-state index in [0.29, 0.717) is 29.9 Å². The van der Waals surface area contributed by atoms with Gasteiger partial charge >= 0.3 is 0 Å². The Morgan fingerprint density at radius 2 is 1.75 bits per heavy atom. The summed E-state index contributed by atoms with van der Waals surface area (Å²) in [4.78, 5) is 27.8. The molecule has 2 heterocycles. The zero-order chi connectivity index (χ0) is 25.2. The Balaban J connectivity index is 1.33. The molecule has 0 radical (unpaired) electrons. The topological polar surface area (TPSA) is 98.4 Å². The van der Waals surface area contributed by atoms with E-state index >= 15 is 0 Å². The van der Waals surface area contributed by atoms with Crippen LogP contribution in [0.3, 0.4) is 0 Å². The SMILES string of the molecule is Cc1ccc(-c2ccccc2C(=O)Nc2ccc3c(c2)CCN3C(=O)Cc2cccc(=N)n2O)cc1. The summed E-state index contributed by atoms with van der Waals surface area (Å²) in [5, 5.41) is 20.7. The van der Waals surface area contributed by atoms with Gasteiger partial charge in [-0.15, -0.1) is 0 Å². The van der Waals surface area contributed by atoms with E-state index in [2.05, 4.69) is 5.32 Å². The maximum Gasteiger partial charge on any atom is 0.256 e. The molecule has 3 aromatic carbocycles. The fourth-order valence-electron chi connectivity index (χ4n) is 4.53. The van der Waals surface area contributed by atoms with E-state index in [1.54, 1.807) is 23.1 Å². The first-order chi connectivity index (χ1) is 17.4. The number of rotatable bonds is 5. The van der Waals surface area contributed by atoms with Gasteiger partial charge in [-0.3, -0.25) is 15.0 Å². The highest BCUT2D eigenvalue weighted by atomic mass is 16.5. The van der Waals surface area contributed by atoms with Crippen molar-refractivity contribution in [3.05, 3.63) is 113 Å². The summed E-state index contributed by atoms with van der Waals surface area (Å²) in [6.07, 6.45) is 0.652. The van der Waals surface area contributed by atoms with E-state index in [1.807, 2.05) is 67.6 Å². The number of amides is 2. The Bertz CT molecular complexity index is 1520. The molecule has 0 spiro atoms. The minimum absolute atomic E-state index is 0.0169. The van der Waals surface area contributed by atoms with Crippen LogP contribution in [0, 0.1) is 12.3 Å². The molecule has 1 aliphatic rings. The van der Waals surface area contributed by atoms with Crippen molar-refractivity contribution in [3.8, 4) is 11.1 Å². The molecule has 0 saturated carbocycles. The highest BCUT2D eigenvalue weighted by Crippen LogP contribution is 2.32. The molecular formula is C29H26N4O3. The van der Waals surface area contributed by atoms with Crippen molar-refractivity contribution in [2.45, 2.75) is 19.8 Å². The van der Waals surface area contributed by atoms with Gasteiger partial charge in [-0.2, -0.15) is 4.73 Å². The van der Waals surface area contributed by atoms with Crippen LogP contribution in [0.1, 0.15) is 27.2 Å². The van der Waals surface area contributed by atoms with Crippen molar-refractivity contribution in [1.29, 1.82) is 5.41 Å². The molecule has 7 nitrogen and oxygen atoms in total. The summed E-state index contributed by atoms with van der Waals surface area (Å²) in [5.41, 5.74) is 6.31. The predicted octanol–water partition coefficient (Wildman–Crippen LogP) is 4.56. The van der Waals surface area contributed by atoms with Gasteiger partial charge in [0.1, 0.15) is 0 Å². The standard InChI is InChI=1S/C29H26N4O3/c1-19-9-11-20(12-10-19)24-6-2-3-7-25(24)29(35)31-22-13-14-26-21(17-22)15-16-32(26)28(34)18-23-5-4-8-27(30)33(23)36/h2-14,17,30,36H,15-16,18H2,1H3,(H,31,35). The van der Waals surface area contributed by atoms with Crippen LogP contribution in [0.2, 0.25) is 0 Å². The Morgan fingerprint density at radius 3 is 2.56 bits per heavy atom. The van der Waals surface area contributed by atoms with Crippen molar-refractivity contribution >= 4 is 23.2 Å². The van der Waals surface area contributed by atoms with Crippen molar-refractivity contribution in [3.63, 3.8) is 0 Å². The van der Waals surface area contributed by atoms with Crippen LogP contribution in [-0.2, 0) is 17.6 Å². The van der Waals surface area contributed by atoms with Gasteiger partial charge in [0.2, 0.25) is 5.91 Å². The largest absolute Gasteiger partial charge is 0.427 e. The molecule has 5 rings (SSSR count). The van der Waals surface area contributed by atoms with Crippen LogP contribution in [0.5, 0.6) is 0 Å². The van der Waals surface area contributed by atoms with Gasteiger partial charge in [0, 0.05) is 23.5 Å². The van der Waals surface area contributed by atoms with Crippen LogP contribution in [0.15, 0.2) is 84.9 Å². The number of nitrogens with zero attached hydrogens (tertiary/aromatic N) is 2. The van der Waals surface area contributed by atoms with Crippen molar-refractivity contribution < 1.29 is 14.8 Å². The number of benzene rings is 3.